The first-order valence-corrected chi connectivity index (χ1v) is 6.07. The van der Waals surface area contributed by atoms with Crippen molar-refractivity contribution in [3.05, 3.63) is 24.6 Å². The molecule has 0 aliphatic carbocycles. The van der Waals surface area contributed by atoms with Crippen LogP contribution in [-0.4, -0.2) is 32.7 Å². The maximum atomic E-state index is 11.4. The molecule has 8 heteroatoms. The molecule has 3 aromatic rings. The monoisotopic (exact) mass is 272 g/mol. The van der Waals surface area contributed by atoms with E-state index in [1.54, 1.807) is 0 Å². The van der Waals surface area contributed by atoms with Crippen molar-refractivity contribution in [2.75, 3.05) is 11.9 Å². The lowest BCUT2D eigenvalue weighted by molar-refractivity contribution is 0.252. The van der Waals surface area contributed by atoms with Gasteiger partial charge in [0, 0.05) is 12.1 Å². The number of hydrogen-bond donors (Lipinski definition) is 3. The minimum Gasteiger partial charge on any atom is -0.423 e. The minimum atomic E-state index is -0.302. The quantitative estimate of drug-likeness (QED) is 0.673. The fraction of sp³-hybridized carbons (Fsp3) is 0.167. The van der Waals surface area contributed by atoms with Gasteiger partial charge in [0.05, 0.1) is 11.0 Å². The van der Waals surface area contributed by atoms with Gasteiger partial charge in [-0.1, -0.05) is 0 Å². The lowest BCUT2D eigenvalue weighted by Gasteiger charge is -2.00. The largest absolute Gasteiger partial charge is 0.423 e. The molecule has 0 spiro atoms. The molecule has 1 aromatic carbocycles. The van der Waals surface area contributed by atoms with Crippen molar-refractivity contribution < 1.29 is 9.21 Å². The Bertz CT molecular complexity index is 734. The summed E-state index contributed by atoms with van der Waals surface area (Å²) in [6.45, 7) is 2.39. The number of carbonyl (C=O) groups is 1. The Morgan fingerprint density at radius 1 is 1.45 bits per heavy atom. The van der Waals surface area contributed by atoms with Gasteiger partial charge in [0.1, 0.15) is 0 Å². The number of amides is 2. The molecular weight excluding hydrogens is 260 g/mol. The van der Waals surface area contributed by atoms with E-state index in [2.05, 4.69) is 30.8 Å². The maximum Gasteiger partial charge on any atom is 0.321 e. The van der Waals surface area contributed by atoms with Crippen molar-refractivity contribution in [3.8, 4) is 11.5 Å². The highest BCUT2D eigenvalue weighted by Crippen LogP contribution is 2.22. The molecule has 3 rings (SSSR count). The molecule has 2 aromatic heterocycles. The summed E-state index contributed by atoms with van der Waals surface area (Å²) in [6.07, 6.45) is 1.27. The first kappa shape index (κ1) is 12.2. The van der Waals surface area contributed by atoms with Crippen LogP contribution < -0.4 is 10.6 Å². The number of carbonyl (C=O) groups excluding carboxylic acids is 1. The molecule has 0 unspecified atom stereocenters. The summed E-state index contributed by atoms with van der Waals surface area (Å²) < 4.78 is 5.13. The van der Waals surface area contributed by atoms with E-state index >= 15 is 0 Å². The molecule has 0 aliphatic rings. The third kappa shape index (κ3) is 2.30. The Balaban J connectivity index is 1.89. The number of anilines is 1. The summed E-state index contributed by atoms with van der Waals surface area (Å²) in [5.74, 6) is 0.807. The number of rotatable bonds is 3. The smallest absolute Gasteiger partial charge is 0.321 e. The Morgan fingerprint density at radius 3 is 3.10 bits per heavy atom. The molecule has 3 N–H and O–H groups in total. The minimum absolute atomic E-state index is 0.302. The summed E-state index contributed by atoms with van der Waals surface area (Å²) in [7, 11) is 0. The third-order valence-electron chi connectivity index (χ3n) is 2.66. The van der Waals surface area contributed by atoms with Crippen molar-refractivity contribution in [1.82, 2.24) is 25.5 Å². The molecule has 0 aliphatic heterocycles. The second kappa shape index (κ2) is 5.00. The molecule has 0 fully saturated rings. The van der Waals surface area contributed by atoms with Gasteiger partial charge in [0.2, 0.25) is 18.2 Å². The lowest BCUT2D eigenvalue weighted by atomic mass is 10.2. The Morgan fingerprint density at radius 2 is 2.35 bits per heavy atom. The topological polar surface area (TPSA) is 109 Å². The highest BCUT2D eigenvalue weighted by Gasteiger charge is 2.09. The number of nitrogens with one attached hydrogen (secondary N) is 3. The van der Waals surface area contributed by atoms with E-state index in [4.69, 9.17) is 4.42 Å². The number of urea groups is 1. The number of nitrogens with zero attached hydrogens (tertiary/aromatic N) is 3. The molecule has 0 atom stereocenters. The zero-order valence-corrected chi connectivity index (χ0v) is 10.7. The van der Waals surface area contributed by atoms with E-state index in [1.165, 1.54) is 6.39 Å². The second-order valence-corrected chi connectivity index (χ2v) is 4.05. The Kier molecular flexibility index (Phi) is 3.04. The van der Waals surface area contributed by atoms with Crippen LogP contribution in [0.3, 0.4) is 0 Å². The van der Waals surface area contributed by atoms with Gasteiger partial charge in [-0.15, -0.1) is 10.2 Å². The van der Waals surface area contributed by atoms with E-state index in [0.717, 1.165) is 11.1 Å². The maximum absolute atomic E-state index is 11.4. The van der Waals surface area contributed by atoms with E-state index in [-0.39, 0.29) is 6.03 Å². The van der Waals surface area contributed by atoms with E-state index in [0.29, 0.717) is 23.9 Å². The number of H-pyrrole nitrogens is 1. The predicted molar refractivity (Wildman–Crippen MR) is 72.1 cm³/mol. The van der Waals surface area contributed by atoms with Crippen molar-refractivity contribution in [1.29, 1.82) is 0 Å². The zero-order valence-electron chi connectivity index (χ0n) is 10.7. The third-order valence-corrected chi connectivity index (χ3v) is 2.66. The normalized spacial score (nSPS) is 10.7. The fourth-order valence-corrected chi connectivity index (χ4v) is 1.81. The van der Waals surface area contributed by atoms with E-state index in [9.17, 15) is 4.79 Å². The molecule has 20 heavy (non-hydrogen) atoms. The van der Waals surface area contributed by atoms with Gasteiger partial charge in [0.25, 0.3) is 0 Å². The number of benzene rings is 1. The van der Waals surface area contributed by atoms with Crippen LogP contribution in [0.2, 0.25) is 0 Å². The molecule has 0 bridgehead atoms. The Hall–Kier alpha value is -2.90. The lowest BCUT2D eigenvalue weighted by Crippen LogP contribution is -2.28. The predicted octanol–water partition coefficient (Wildman–Crippen LogP) is 1.75. The number of aromatic nitrogens is 4. The van der Waals surface area contributed by atoms with Crippen molar-refractivity contribution in [2.24, 2.45) is 0 Å². The fourth-order valence-electron chi connectivity index (χ4n) is 1.81. The molecule has 2 heterocycles. The van der Waals surface area contributed by atoms with Gasteiger partial charge in [-0.3, -0.25) is 5.32 Å². The van der Waals surface area contributed by atoms with Gasteiger partial charge in [-0.05, 0) is 25.1 Å². The molecular formula is C12H12N6O2. The average molecular weight is 272 g/mol. The Labute approximate surface area is 113 Å². The highest BCUT2D eigenvalue weighted by molar-refractivity contribution is 5.90. The van der Waals surface area contributed by atoms with Gasteiger partial charge in [-0.2, -0.15) is 0 Å². The van der Waals surface area contributed by atoms with Gasteiger partial charge in [-0.25, -0.2) is 9.78 Å². The van der Waals surface area contributed by atoms with Crippen LogP contribution in [0.5, 0.6) is 0 Å². The zero-order chi connectivity index (χ0) is 13.9. The molecule has 102 valence electrons. The molecule has 0 saturated carbocycles. The van der Waals surface area contributed by atoms with Gasteiger partial charge in [0.15, 0.2) is 0 Å². The first-order valence-electron chi connectivity index (χ1n) is 6.07. The van der Waals surface area contributed by atoms with Crippen molar-refractivity contribution >= 4 is 23.0 Å². The summed E-state index contributed by atoms with van der Waals surface area (Å²) >= 11 is 0. The molecule has 8 nitrogen and oxygen atoms in total. The number of fused-ring (bicyclic) bond motifs is 1. The number of imidazole rings is 1. The summed E-state index contributed by atoms with van der Waals surface area (Å²) in [5, 5.41) is 12.7. The number of hydrogen-bond acceptors (Lipinski definition) is 5. The van der Waals surface area contributed by atoms with E-state index in [1.807, 2.05) is 25.1 Å². The average Bonchev–Trinajstić information content (AvgIpc) is 3.06. The number of aromatic amines is 1. The summed E-state index contributed by atoms with van der Waals surface area (Å²) in [6, 6.07) is 5.18. The van der Waals surface area contributed by atoms with Crippen LogP contribution in [-0.2, 0) is 0 Å². The van der Waals surface area contributed by atoms with Crippen LogP contribution in [0.15, 0.2) is 29.0 Å². The van der Waals surface area contributed by atoms with Crippen LogP contribution >= 0.6 is 0 Å². The van der Waals surface area contributed by atoms with Crippen LogP contribution in [0, 0.1) is 0 Å². The van der Waals surface area contributed by atoms with Gasteiger partial charge < -0.3 is 14.7 Å². The van der Waals surface area contributed by atoms with Gasteiger partial charge >= 0.3 is 6.03 Å². The van der Waals surface area contributed by atoms with E-state index < -0.39 is 0 Å². The van der Waals surface area contributed by atoms with Crippen LogP contribution in [0.1, 0.15) is 6.92 Å². The summed E-state index contributed by atoms with van der Waals surface area (Å²) in [4.78, 5) is 18.7. The standard InChI is InChI=1S/C12H12N6O2/c1-2-13-12(19)17-11-15-8-4-3-7(5-9(8)16-11)10-18-14-6-20-10/h3-6H,2H2,1H3,(H3,13,15,16,17,19). The molecule has 0 radical (unpaired) electrons. The molecule has 2 amide bonds. The highest BCUT2D eigenvalue weighted by atomic mass is 16.4. The van der Waals surface area contributed by atoms with Crippen molar-refractivity contribution in [2.45, 2.75) is 6.92 Å². The SMILES string of the molecule is CCNC(=O)Nc1nc2cc(-c3nnco3)ccc2[nH]1. The van der Waals surface area contributed by atoms with Crippen LogP contribution in [0.25, 0.3) is 22.5 Å². The first-order chi connectivity index (χ1) is 9.76. The molecule has 0 saturated heterocycles. The van der Waals surface area contributed by atoms with Crippen molar-refractivity contribution in [3.63, 3.8) is 0 Å². The second-order valence-electron chi connectivity index (χ2n) is 4.05. The van der Waals surface area contributed by atoms with Crippen LogP contribution in [0.4, 0.5) is 10.7 Å². The summed E-state index contributed by atoms with van der Waals surface area (Å²) in [5.41, 5.74) is 2.28.